The molecule has 1 unspecified atom stereocenters. The average molecular weight is 228 g/mol. The molecule has 0 aliphatic carbocycles. The van der Waals surface area contributed by atoms with E-state index in [1.165, 1.54) is 0 Å². The summed E-state index contributed by atoms with van der Waals surface area (Å²) < 4.78 is 7.84. The van der Waals surface area contributed by atoms with Gasteiger partial charge in [-0.3, -0.25) is 4.57 Å². The van der Waals surface area contributed by atoms with Crippen molar-refractivity contribution >= 4 is 18.2 Å². The predicted molar refractivity (Wildman–Crippen MR) is 60.1 cm³/mol. The van der Waals surface area contributed by atoms with Gasteiger partial charge in [-0.1, -0.05) is 0 Å². The number of rotatable bonds is 2. The van der Waals surface area contributed by atoms with Crippen LogP contribution in [0.3, 0.4) is 0 Å². The zero-order valence-corrected chi connectivity index (χ0v) is 9.59. The topological polar surface area (TPSA) is 68.9 Å². The number of H-pyrrole nitrogens is 1. The molecule has 5 nitrogen and oxygen atoms in total. The minimum Gasteiger partial charge on any atom is -0.381 e. The zero-order valence-electron chi connectivity index (χ0n) is 8.77. The number of aromatic amines is 1. The molecule has 1 aromatic heterocycles. The lowest BCUT2D eigenvalue weighted by Crippen LogP contribution is -2.25. The minimum atomic E-state index is 0.292. The fraction of sp³-hybridized carbons (Fsp3) is 0.778. The van der Waals surface area contributed by atoms with Gasteiger partial charge in [-0.2, -0.15) is 0 Å². The second-order valence-corrected chi connectivity index (χ2v) is 4.33. The van der Waals surface area contributed by atoms with E-state index in [2.05, 4.69) is 17.1 Å². The smallest absolute Gasteiger partial charge is 0.220 e. The summed E-state index contributed by atoms with van der Waals surface area (Å²) in [6, 6.07) is 0.292. The number of nitrogens with zero attached hydrogens (tertiary/aromatic N) is 2. The molecule has 1 saturated heterocycles. The number of ether oxygens (including phenoxy) is 1. The van der Waals surface area contributed by atoms with Gasteiger partial charge >= 0.3 is 0 Å². The van der Waals surface area contributed by atoms with Crippen LogP contribution in [0, 0.1) is 10.7 Å². The summed E-state index contributed by atoms with van der Waals surface area (Å²) in [5.41, 5.74) is 5.77. The lowest BCUT2D eigenvalue weighted by atomic mass is 9.93. The molecule has 1 aromatic rings. The molecule has 0 bridgehead atoms. The number of nitrogen functional groups attached to an aromatic ring is 1. The first-order chi connectivity index (χ1) is 7.20. The molecular weight excluding hydrogens is 212 g/mol. The summed E-state index contributed by atoms with van der Waals surface area (Å²) in [6.07, 6.45) is 2.13. The van der Waals surface area contributed by atoms with Crippen molar-refractivity contribution in [2.24, 2.45) is 5.92 Å². The molecule has 2 heterocycles. The molecule has 1 aliphatic rings. The summed E-state index contributed by atoms with van der Waals surface area (Å²) >= 11 is 5.15. The van der Waals surface area contributed by atoms with E-state index in [4.69, 9.17) is 22.7 Å². The van der Waals surface area contributed by atoms with Crippen LogP contribution in [0.2, 0.25) is 0 Å². The van der Waals surface area contributed by atoms with Gasteiger partial charge in [-0.05, 0) is 37.9 Å². The molecule has 3 N–H and O–H groups in total. The van der Waals surface area contributed by atoms with Crippen LogP contribution in [-0.4, -0.2) is 28.0 Å². The summed E-state index contributed by atoms with van der Waals surface area (Å²) in [6.45, 7) is 3.80. The van der Waals surface area contributed by atoms with Crippen molar-refractivity contribution in [3.05, 3.63) is 4.77 Å². The first kappa shape index (κ1) is 10.6. The van der Waals surface area contributed by atoms with Gasteiger partial charge in [0.25, 0.3) is 0 Å². The van der Waals surface area contributed by atoms with Crippen molar-refractivity contribution in [3.8, 4) is 0 Å². The lowest BCUT2D eigenvalue weighted by molar-refractivity contribution is 0.0514. The number of nitrogens with two attached hydrogens (primary N) is 1. The third-order valence-corrected chi connectivity index (χ3v) is 3.38. The molecule has 0 amide bonds. The van der Waals surface area contributed by atoms with E-state index in [9.17, 15) is 0 Å². The van der Waals surface area contributed by atoms with Crippen molar-refractivity contribution in [3.63, 3.8) is 0 Å². The quantitative estimate of drug-likeness (QED) is 0.753. The number of aromatic nitrogens is 3. The molecule has 0 radical (unpaired) electrons. The summed E-state index contributed by atoms with van der Waals surface area (Å²) in [5, 5.41) is 6.64. The van der Waals surface area contributed by atoms with Crippen molar-refractivity contribution in [2.75, 3.05) is 18.9 Å². The average Bonchev–Trinajstić information content (AvgIpc) is 2.59. The zero-order chi connectivity index (χ0) is 10.8. The highest BCUT2D eigenvalue weighted by Crippen LogP contribution is 2.28. The molecule has 1 atom stereocenters. The van der Waals surface area contributed by atoms with Gasteiger partial charge < -0.3 is 10.5 Å². The Morgan fingerprint density at radius 1 is 1.60 bits per heavy atom. The molecule has 0 spiro atoms. The fourth-order valence-electron chi connectivity index (χ4n) is 2.12. The highest BCUT2D eigenvalue weighted by Gasteiger charge is 2.23. The van der Waals surface area contributed by atoms with Gasteiger partial charge in [0.2, 0.25) is 5.95 Å². The van der Waals surface area contributed by atoms with E-state index in [1.54, 1.807) is 0 Å². The Labute approximate surface area is 93.6 Å². The highest BCUT2D eigenvalue weighted by molar-refractivity contribution is 7.71. The van der Waals surface area contributed by atoms with E-state index in [0.717, 1.165) is 26.1 Å². The van der Waals surface area contributed by atoms with Gasteiger partial charge in [-0.15, -0.1) is 5.10 Å². The standard InChI is InChI=1S/C9H16N4OS/c1-6(7-2-4-14-5-3-7)13-8(10)11-12-9(13)15/h6-7H,2-5H2,1H3,(H2,10,11)(H,12,15). The summed E-state index contributed by atoms with van der Waals surface area (Å²) in [5.74, 6) is 1.05. The third-order valence-electron chi connectivity index (χ3n) is 3.09. The Morgan fingerprint density at radius 3 is 2.80 bits per heavy atom. The first-order valence-electron chi connectivity index (χ1n) is 5.20. The molecule has 2 rings (SSSR count). The largest absolute Gasteiger partial charge is 0.381 e. The molecule has 1 aliphatic heterocycles. The number of hydrogen-bond donors (Lipinski definition) is 2. The molecule has 6 heteroatoms. The van der Waals surface area contributed by atoms with Crippen molar-refractivity contribution in [2.45, 2.75) is 25.8 Å². The Bertz CT molecular complexity index is 380. The maximum atomic E-state index is 5.77. The normalized spacial score (nSPS) is 20.3. The van der Waals surface area contributed by atoms with Crippen LogP contribution >= 0.6 is 12.2 Å². The Morgan fingerprint density at radius 2 is 2.27 bits per heavy atom. The van der Waals surface area contributed by atoms with Gasteiger partial charge in [0.1, 0.15) is 0 Å². The van der Waals surface area contributed by atoms with Gasteiger partial charge in [-0.25, -0.2) is 5.10 Å². The van der Waals surface area contributed by atoms with E-state index in [-0.39, 0.29) is 0 Å². The van der Waals surface area contributed by atoms with E-state index in [0.29, 0.717) is 22.7 Å². The number of nitrogens with one attached hydrogen (secondary N) is 1. The van der Waals surface area contributed by atoms with Crippen LogP contribution < -0.4 is 5.73 Å². The molecule has 0 aromatic carbocycles. The molecule has 15 heavy (non-hydrogen) atoms. The predicted octanol–water partition coefficient (Wildman–Crippen LogP) is 1.51. The van der Waals surface area contributed by atoms with Gasteiger partial charge in [0.15, 0.2) is 4.77 Å². The van der Waals surface area contributed by atoms with Crippen molar-refractivity contribution < 1.29 is 4.74 Å². The number of hydrogen-bond acceptors (Lipinski definition) is 4. The van der Waals surface area contributed by atoms with E-state index < -0.39 is 0 Å². The van der Waals surface area contributed by atoms with Crippen LogP contribution in [0.1, 0.15) is 25.8 Å². The van der Waals surface area contributed by atoms with E-state index in [1.807, 2.05) is 4.57 Å². The lowest BCUT2D eigenvalue weighted by Gasteiger charge is -2.28. The molecule has 84 valence electrons. The maximum Gasteiger partial charge on any atom is 0.220 e. The Balaban J connectivity index is 2.19. The van der Waals surface area contributed by atoms with Crippen molar-refractivity contribution in [1.29, 1.82) is 0 Å². The Hall–Kier alpha value is -0.880. The van der Waals surface area contributed by atoms with Crippen LogP contribution in [0.25, 0.3) is 0 Å². The second-order valence-electron chi connectivity index (χ2n) is 3.95. The highest BCUT2D eigenvalue weighted by atomic mass is 32.1. The molecule has 0 saturated carbocycles. The fourth-order valence-corrected chi connectivity index (χ4v) is 2.42. The van der Waals surface area contributed by atoms with Crippen LogP contribution in [0.15, 0.2) is 0 Å². The Kier molecular flexibility index (Phi) is 3.06. The molecule has 1 fully saturated rings. The monoisotopic (exact) mass is 228 g/mol. The van der Waals surface area contributed by atoms with E-state index >= 15 is 0 Å². The minimum absolute atomic E-state index is 0.292. The van der Waals surface area contributed by atoms with Gasteiger partial charge in [0.05, 0.1) is 0 Å². The maximum absolute atomic E-state index is 5.77. The van der Waals surface area contributed by atoms with Crippen LogP contribution in [0.5, 0.6) is 0 Å². The number of anilines is 1. The first-order valence-corrected chi connectivity index (χ1v) is 5.61. The van der Waals surface area contributed by atoms with Crippen LogP contribution in [0.4, 0.5) is 5.95 Å². The van der Waals surface area contributed by atoms with Crippen LogP contribution in [-0.2, 0) is 4.74 Å². The third kappa shape index (κ3) is 2.05. The summed E-state index contributed by atoms with van der Waals surface area (Å²) in [7, 11) is 0. The SMILES string of the molecule is CC(C1CCOCC1)n1c(N)n[nH]c1=S. The molecular formula is C9H16N4OS. The second kappa shape index (κ2) is 4.32. The summed E-state index contributed by atoms with van der Waals surface area (Å²) in [4.78, 5) is 0. The van der Waals surface area contributed by atoms with Crippen molar-refractivity contribution in [1.82, 2.24) is 14.8 Å². The van der Waals surface area contributed by atoms with Gasteiger partial charge in [0, 0.05) is 19.3 Å².